The van der Waals surface area contributed by atoms with Crippen molar-refractivity contribution in [1.82, 2.24) is 10.2 Å². The van der Waals surface area contributed by atoms with Gasteiger partial charge in [0.05, 0.1) is 0 Å². The normalized spacial score (nSPS) is 34.1. The van der Waals surface area contributed by atoms with Crippen molar-refractivity contribution >= 4 is 0 Å². The topological polar surface area (TPSA) is 41.3 Å². The van der Waals surface area contributed by atoms with Crippen LogP contribution in [0.3, 0.4) is 0 Å². The standard InChI is InChI=1S/C13H27N3/c1-16-8-6-12(7-9-16)15-13-5-3-2-4-11(13)10-14/h11-13,15H,2-10,14H2,1H3. The molecule has 3 N–H and O–H groups in total. The lowest BCUT2D eigenvalue weighted by molar-refractivity contribution is 0.188. The Morgan fingerprint density at radius 3 is 2.50 bits per heavy atom. The highest BCUT2D eigenvalue weighted by Gasteiger charge is 2.27. The highest BCUT2D eigenvalue weighted by molar-refractivity contribution is 4.86. The molecule has 0 aromatic carbocycles. The van der Waals surface area contributed by atoms with Crippen molar-refractivity contribution < 1.29 is 0 Å². The lowest BCUT2D eigenvalue weighted by atomic mass is 9.83. The minimum absolute atomic E-state index is 0.701. The molecule has 0 radical (unpaired) electrons. The number of nitrogens with one attached hydrogen (secondary N) is 1. The Balaban J connectivity index is 1.78. The van der Waals surface area contributed by atoms with Crippen LogP contribution in [-0.4, -0.2) is 43.7 Å². The van der Waals surface area contributed by atoms with Gasteiger partial charge in [0.25, 0.3) is 0 Å². The average Bonchev–Trinajstić information content (AvgIpc) is 2.33. The zero-order valence-electron chi connectivity index (χ0n) is 10.6. The smallest absolute Gasteiger partial charge is 0.0110 e. The van der Waals surface area contributed by atoms with E-state index in [4.69, 9.17) is 5.73 Å². The van der Waals surface area contributed by atoms with Gasteiger partial charge in [0, 0.05) is 12.1 Å². The molecule has 0 aromatic rings. The predicted molar refractivity (Wildman–Crippen MR) is 68.5 cm³/mol. The summed E-state index contributed by atoms with van der Waals surface area (Å²) in [5.74, 6) is 0.730. The van der Waals surface area contributed by atoms with E-state index < -0.39 is 0 Å². The molecule has 0 amide bonds. The van der Waals surface area contributed by atoms with Crippen molar-refractivity contribution in [2.75, 3.05) is 26.7 Å². The second kappa shape index (κ2) is 5.99. The summed E-state index contributed by atoms with van der Waals surface area (Å²) >= 11 is 0. The van der Waals surface area contributed by atoms with Crippen molar-refractivity contribution in [3.8, 4) is 0 Å². The molecular weight excluding hydrogens is 198 g/mol. The van der Waals surface area contributed by atoms with Gasteiger partial charge < -0.3 is 16.0 Å². The van der Waals surface area contributed by atoms with Crippen molar-refractivity contribution in [2.45, 2.75) is 50.6 Å². The van der Waals surface area contributed by atoms with Crippen LogP contribution in [0.15, 0.2) is 0 Å². The molecule has 1 heterocycles. The zero-order chi connectivity index (χ0) is 11.4. The third-order valence-corrected chi connectivity index (χ3v) is 4.38. The van der Waals surface area contributed by atoms with Crippen LogP contribution < -0.4 is 11.1 Å². The third-order valence-electron chi connectivity index (χ3n) is 4.38. The number of rotatable bonds is 3. The molecule has 1 saturated heterocycles. The lowest BCUT2D eigenvalue weighted by Crippen LogP contribution is -2.50. The molecule has 0 spiro atoms. The Morgan fingerprint density at radius 2 is 1.81 bits per heavy atom. The van der Waals surface area contributed by atoms with Crippen LogP contribution in [0.25, 0.3) is 0 Å². The molecule has 0 bridgehead atoms. The SMILES string of the molecule is CN1CCC(NC2CCCCC2CN)CC1. The van der Waals surface area contributed by atoms with E-state index in [2.05, 4.69) is 17.3 Å². The molecule has 2 aliphatic rings. The molecule has 2 atom stereocenters. The molecule has 0 aromatic heterocycles. The molecule has 3 nitrogen and oxygen atoms in total. The van der Waals surface area contributed by atoms with E-state index in [0.717, 1.165) is 18.5 Å². The van der Waals surface area contributed by atoms with Gasteiger partial charge in [0.2, 0.25) is 0 Å². The lowest BCUT2D eigenvalue weighted by Gasteiger charge is -2.37. The van der Waals surface area contributed by atoms with Gasteiger partial charge >= 0.3 is 0 Å². The fourth-order valence-electron chi connectivity index (χ4n) is 3.19. The number of hydrogen-bond acceptors (Lipinski definition) is 3. The summed E-state index contributed by atoms with van der Waals surface area (Å²) < 4.78 is 0. The molecule has 94 valence electrons. The maximum Gasteiger partial charge on any atom is 0.0110 e. The summed E-state index contributed by atoms with van der Waals surface area (Å²) in [5.41, 5.74) is 5.87. The maximum atomic E-state index is 5.87. The summed E-state index contributed by atoms with van der Waals surface area (Å²) in [7, 11) is 2.22. The quantitative estimate of drug-likeness (QED) is 0.758. The summed E-state index contributed by atoms with van der Waals surface area (Å²) in [5, 5.41) is 3.87. The van der Waals surface area contributed by atoms with Crippen LogP contribution in [0.5, 0.6) is 0 Å². The minimum atomic E-state index is 0.701. The summed E-state index contributed by atoms with van der Waals surface area (Å²) in [4.78, 5) is 2.43. The number of piperidine rings is 1. The van der Waals surface area contributed by atoms with Crippen LogP contribution in [0.4, 0.5) is 0 Å². The Morgan fingerprint density at radius 1 is 1.12 bits per heavy atom. The second-order valence-electron chi connectivity index (χ2n) is 5.63. The summed E-state index contributed by atoms with van der Waals surface area (Å²) in [6.45, 7) is 3.36. The largest absolute Gasteiger partial charge is 0.330 e. The van der Waals surface area contributed by atoms with Crippen LogP contribution in [-0.2, 0) is 0 Å². The second-order valence-corrected chi connectivity index (χ2v) is 5.63. The molecule has 1 saturated carbocycles. The highest BCUT2D eigenvalue weighted by Crippen LogP contribution is 2.25. The highest BCUT2D eigenvalue weighted by atomic mass is 15.1. The average molecular weight is 225 g/mol. The molecule has 2 unspecified atom stereocenters. The number of hydrogen-bond donors (Lipinski definition) is 2. The monoisotopic (exact) mass is 225 g/mol. The fourth-order valence-corrected chi connectivity index (χ4v) is 3.19. The molecule has 2 fully saturated rings. The van der Waals surface area contributed by atoms with Crippen LogP contribution in [0.2, 0.25) is 0 Å². The third kappa shape index (κ3) is 3.19. The molecule has 1 aliphatic carbocycles. The predicted octanol–water partition coefficient (Wildman–Crippen LogP) is 1.19. The van der Waals surface area contributed by atoms with E-state index in [1.807, 2.05) is 0 Å². The molecular formula is C13H27N3. The first kappa shape index (κ1) is 12.3. The Hall–Kier alpha value is -0.120. The molecule has 16 heavy (non-hydrogen) atoms. The minimum Gasteiger partial charge on any atom is -0.330 e. The Kier molecular flexibility index (Phi) is 4.62. The first-order valence-corrected chi connectivity index (χ1v) is 6.94. The first-order chi connectivity index (χ1) is 7.79. The summed E-state index contributed by atoms with van der Waals surface area (Å²) in [6.07, 6.45) is 8.07. The maximum absolute atomic E-state index is 5.87. The van der Waals surface area contributed by atoms with Gasteiger partial charge in [-0.05, 0) is 58.3 Å². The van der Waals surface area contributed by atoms with Crippen molar-refractivity contribution in [3.05, 3.63) is 0 Å². The van der Waals surface area contributed by atoms with Crippen LogP contribution >= 0.6 is 0 Å². The van der Waals surface area contributed by atoms with Crippen molar-refractivity contribution in [1.29, 1.82) is 0 Å². The van der Waals surface area contributed by atoms with E-state index in [0.29, 0.717) is 6.04 Å². The van der Waals surface area contributed by atoms with Gasteiger partial charge in [-0.2, -0.15) is 0 Å². The van der Waals surface area contributed by atoms with E-state index in [-0.39, 0.29) is 0 Å². The zero-order valence-corrected chi connectivity index (χ0v) is 10.6. The molecule has 2 rings (SSSR count). The Labute approximate surface area is 99.8 Å². The fraction of sp³-hybridized carbons (Fsp3) is 1.00. The van der Waals surface area contributed by atoms with Gasteiger partial charge in [0.1, 0.15) is 0 Å². The van der Waals surface area contributed by atoms with E-state index in [1.165, 1.54) is 51.6 Å². The Bertz CT molecular complexity index is 199. The first-order valence-electron chi connectivity index (χ1n) is 6.94. The molecule has 1 aliphatic heterocycles. The van der Waals surface area contributed by atoms with Gasteiger partial charge in [-0.1, -0.05) is 12.8 Å². The van der Waals surface area contributed by atoms with E-state index >= 15 is 0 Å². The van der Waals surface area contributed by atoms with Gasteiger partial charge in [-0.15, -0.1) is 0 Å². The van der Waals surface area contributed by atoms with Crippen LogP contribution in [0.1, 0.15) is 38.5 Å². The van der Waals surface area contributed by atoms with Crippen molar-refractivity contribution in [3.63, 3.8) is 0 Å². The van der Waals surface area contributed by atoms with Gasteiger partial charge in [-0.25, -0.2) is 0 Å². The van der Waals surface area contributed by atoms with E-state index in [1.54, 1.807) is 0 Å². The van der Waals surface area contributed by atoms with Crippen LogP contribution in [0, 0.1) is 5.92 Å². The van der Waals surface area contributed by atoms with Crippen molar-refractivity contribution in [2.24, 2.45) is 11.7 Å². The van der Waals surface area contributed by atoms with Gasteiger partial charge in [0.15, 0.2) is 0 Å². The molecule has 3 heteroatoms. The summed E-state index contributed by atoms with van der Waals surface area (Å²) in [6, 6.07) is 1.44. The van der Waals surface area contributed by atoms with E-state index in [9.17, 15) is 0 Å². The number of nitrogens with zero attached hydrogens (tertiary/aromatic N) is 1. The number of likely N-dealkylation sites (tertiary alicyclic amines) is 1. The van der Waals surface area contributed by atoms with Gasteiger partial charge in [-0.3, -0.25) is 0 Å². The number of nitrogens with two attached hydrogens (primary N) is 1.